The number of carbonyl (C=O) groups is 3. The van der Waals surface area contributed by atoms with Gasteiger partial charge in [0.15, 0.2) is 6.10 Å². The van der Waals surface area contributed by atoms with Crippen LogP contribution in [0.1, 0.15) is 38.0 Å². The van der Waals surface area contributed by atoms with Gasteiger partial charge in [0, 0.05) is 11.6 Å². The molecule has 4 rings (SSSR count). The lowest BCUT2D eigenvalue weighted by Gasteiger charge is -2.17. The summed E-state index contributed by atoms with van der Waals surface area (Å²) in [5.74, 6) is -0.477. The molecule has 0 N–H and O–H groups in total. The number of nitrogens with zero attached hydrogens (tertiary/aromatic N) is 1. The van der Waals surface area contributed by atoms with Crippen molar-refractivity contribution in [1.29, 1.82) is 0 Å². The van der Waals surface area contributed by atoms with E-state index in [1.54, 1.807) is 79.7 Å². The number of amides is 2. The van der Waals surface area contributed by atoms with Gasteiger partial charge < -0.3 is 4.74 Å². The fourth-order valence-corrected chi connectivity index (χ4v) is 3.21. The van der Waals surface area contributed by atoms with Crippen LogP contribution in [0, 0.1) is 0 Å². The number of ketones is 1. The SMILES string of the molecule is C[C@H](Oc1cccc(N2C(=O)c3ccccc3C2=O)c1)C(=O)c1ccccc1. The van der Waals surface area contributed by atoms with Crippen LogP contribution in [0.15, 0.2) is 78.9 Å². The minimum atomic E-state index is -0.708. The maximum absolute atomic E-state index is 12.6. The molecule has 28 heavy (non-hydrogen) atoms. The van der Waals surface area contributed by atoms with Crippen molar-refractivity contribution in [3.63, 3.8) is 0 Å². The van der Waals surface area contributed by atoms with Crippen molar-refractivity contribution < 1.29 is 19.1 Å². The Labute approximate surface area is 162 Å². The van der Waals surface area contributed by atoms with E-state index in [4.69, 9.17) is 4.74 Å². The van der Waals surface area contributed by atoms with E-state index < -0.39 is 6.10 Å². The molecule has 3 aromatic carbocycles. The topological polar surface area (TPSA) is 63.7 Å². The molecular formula is C23H17NO4. The number of benzene rings is 3. The van der Waals surface area contributed by atoms with Crippen molar-refractivity contribution in [2.24, 2.45) is 0 Å². The van der Waals surface area contributed by atoms with Crippen molar-refractivity contribution in [2.75, 3.05) is 4.90 Å². The number of rotatable bonds is 5. The summed E-state index contributed by atoms with van der Waals surface area (Å²) < 4.78 is 5.78. The van der Waals surface area contributed by atoms with Crippen LogP contribution in [-0.2, 0) is 0 Å². The van der Waals surface area contributed by atoms with Gasteiger partial charge in [0.25, 0.3) is 11.8 Å². The van der Waals surface area contributed by atoms with E-state index in [2.05, 4.69) is 0 Å². The summed E-state index contributed by atoms with van der Waals surface area (Å²) in [5.41, 5.74) is 1.73. The molecule has 5 nitrogen and oxygen atoms in total. The van der Waals surface area contributed by atoms with Crippen LogP contribution >= 0.6 is 0 Å². The highest BCUT2D eigenvalue weighted by Crippen LogP contribution is 2.30. The van der Waals surface area contributed by atoms with Gasteiger partial charge in [-0.15, -0.1) is 0 Å². The second-order valence-electron chi connectivity index (χ2n) is 6.48. The van der Waals surface area contributed by atoms with Gasteiger partial charge in [0.1, 0.15) is 5.75 Å². The van der Waals surface area contributed by atoms with E-state index in [1.807, 2.05) is 6.07 Å². The number of hydrogen-bond acceptors (Lipinski definition) is 4. The monoisotopic (exact) mass is 371 g/mol. The third-order valence-corrected chi connectivity index (χ3v) is 4.61. The summed E-state index contributed by atoms with van der Waals surface area (Å²) in [4.78, 5) is 38.9. The van der Waals surface area contributed by atoms with Crippen LogP contribution in [0.5, 0.6) is 5.75 Å². The summed E-state index contributed by atoms with van der Waals surface area (Å²) in [7, 11) is 0. The molecule has 5 heteroatoms. The molecule has 1 aliphatic heterocycles. The van der Waals surface area contributed by atoms with Crippen molar-refractivity contribution in [1.82, 2.24) is 0 Å². The Morgan fingerprint density at radius 2 is 1.43 bits per heavy atom. The van der Waals surface area contributed by atoms with E-state index in [0.29, 0.717) is 28.1 Å². The van der Waals surface area contributed by atoms with Crippen molar-refractivity contribution in [2.45, 2.75) is 13.0 Å². The zero-order chi connectivity index (χ0) is 19.7. The third kappa shape index (κ3) is 3.07. The Hall–Kier alpha value is -3.73. The van der Waals surface area contributed by atoms with Crippen molar-refractivity contribution in [3.05, 3.63) is 95.6 Å². The van der Waals surface area contributed by atoms with Gasteiger partial charge >= 0.3 is 0 Å². The lowest BCUT2D eigenvalue weighted by atomic mass is 10.1. The maximum atomic E-state index is 12.6. The highest BCUT2D eigenvalue weighted by atomic mass is 16.5. The molecule has 3 aromatic rings. The van der Waals surface area contributed by atoms with Gasteiger partial charge in [-0.3, -0.25) is 14.4 Å². The highest BCUT2D eigenvalue weighted by Gasteiger charge is 2.36. The van der Waals surface area contributed by atoms with Gasteiger partial charge in [-0.1, -0.05) is 48.5 Å². The molecule has 138 valence electrons. The largest absolute Gasteiger partial charge is 0.482 e. The number of hydrogen-bond donors (Lipinski definition) is 0. The molecule has 0 aromatic heterocycles. The lowest BCUT2D eigenvalue weighted by Crippen LogP contribution is -2.29. The van der Waals surface area contributed by atoms with Crippen LogP contribution in [0.25, 0.3) is 0 Å². The number of imide groups is 1. The summed E-state index contributed by atoms with van der Waals surface area (Å²) in [6.07, 6.45) is -0.708. The first-order valence-corrected chi connectivity index (χ1v) is 8.90. The molecule has 1 aliphatic rings. The normalized spacial score (nSPS) is 14.0. The smallest absolute Gasteiger partial charge is 0.266 e. The van der Waals surface area contributed by atoms with Crippen molar-refractivity contribution in [3.8, 4) is 5.75 Å². The predicted octanol–water partition coefficient (Wildman–Crippen LogP) is 4.14. The van der Waals surface area contributed by atoms with E-state index >= 15 is 0 Å². The first-order valence-electron chi connectivity index (χ1n) is 8.90. The fourth-order valence-electron chi connectivity index (χ4n) is 3.21. The molecule has 0 saturated carbocycles. The van der Waals surface area contributed by atoms with Gasteiger partial charge in [-0.25, -0.2) is 4.90 Å². The molecule has 0 aliphatic carbocycles. The third-order valence-electron chi connectivity index (χ3n) is 4.61. The van der Waals surface area contributed by atoms with E-state index in [9.17, 15) is 14.4 Å². The van der Waals surface area contributed by atoms with Gasteiger partial charge in [-0.05, 0) is 31.2 Å². The van der Waals surface area contributed by atoms with Gasteiger partial charge in [0.2, 0.25) is 5.78 Å². The first-order chi connectivity index (χ1) is 13.6. The molecule has 0 saturated heterocycles. The molecule has 1 atom stereocenters. The quantitative estimate of drug-likeness (QED) is 0.500. The zero-order valence-electron chi connectivity index (χ0n) is 15.2. The standard InChI is InChI=1S/C23H17NO4/c1-15(21(25)16-8-3-2-4-9-16)28-18-11-7-10-17(14-18)24-22(26)19-12-5-6-13-20(19)23(24)27/h2-15H,1H3/t15-/m0/s1. The number of anilines is 1. The van der Waals surface area contributed by atoms with Crippen LogP contribution in [0.3, 0.4) is 0 Å². The summed E-state index contributed by atoms with van der Waals surface area (Å²) in [6.45, 7) is 1.67. The average Bonchev–Trinajstić information content (AvgIpc) is 2.99. The molecule has 0 bridgehead atoms. The summed E-state index contributed by atoms with van der Waals surface area (Å²) in [6, 6.07) is 22.3. The minimum absolute atomic E-state index is 0.147. The van der Waals surface area contributed by atoms with Crippen molar-refractivity contribution >= 4 is 23.3 Å². The zero-order valence-corrected chi connectivity index (χ0v) is 15.2. The van der Waals surface area contributed by atoms with Gasteiger partial charge in [-0.2, -0.15) is 0 Å². The number of fused-ring (bicyclic) bond motifs is 1. The van der Waals surface area contributed by atoms with Crippen LogP contribution in [0.2, 0.25) is 0 Å². The summed E-state index contributed by atoms with van der Waals surface area (Å²) >= 11 is 0. The number of carbonyl (C=O) groups excluding carboxylic acids is 3. The van der Waals surface area contributed by atoms with Crippen LogP contribution in [0.4, 0.5) is 5.69 Å². The van der Waals surface area contributed by atoms with Crippen LogP contribution < -0.4 is 9.64 Å². The van der Waals surface area contributed by atoms with E-state index in [1.165, 1.54) is 0 Å². The Balaban J connectivity index is 1.57. The maximum Gasteiger partial charge on any atom is 0.266 e. The molecule has 2 amide bonds. The molecule has 0 radical (unpaired) electrons. The highest BCUT2D eigenvalue weighted by molar-refractivity contribution is 6.34. The predicted molar refractivity (Wildman–Crippen MR) is 105 cm³/mol. The Morgan fingerprint density at radius 3 is 2.07 bits per heavy atom. The molecular weight excluding hydrogens is 354 g/mol. The Morgan fingerprint density at radius 1 is 0.821 bits per heavy atom. The molecule has 0 unspecified atom stereocenters. The Kier molecular flexibility index (Phi) is 4.49. The number of ether oxygens (including phenoxy) is 1. The number of Topliss-reactive ketones (excluding diaryl/α,β-unsaturated/α-hetero) is 1. The molecule has 1 heterocycles. The minimum Gasteiger partial charge on any atom is -0.482 e. The second kappa shape index (κ2) is 7.12. The van der Waals surface area contributed by atoms with Gasteiger partial charge in [0.05, 0.1) is 16.8 Å². The first kappa shape index (κ1) is 17.7. The lowest BCUT2D eigenvalue weighted by molar-refractivity contribution is 0.0816. The van der Waals surface area contributed by atoms with E-state index in [-0.39, 0.29) is 17.6 Å². The molecule has 0 spiro atoms. The fraction of sp³-hybridized carbons (Fsp3) is 0.0870. The molecule has 0 fully saturated rings. The average molecular weight is 371 g/mol. The van der Waals surface area contributed by atoms with Crippen LogP contribution in [-0.4, -0.2) is 23.7 Å². The Bertz CT molecular complexity index is 1040. The summed E-state index contributed by atoms with van der Waals surface area (Å²) in [5, 5.41) is 0. The second-order valence-corrected chi connectivity index (χ2v) is 6.48. The van der Waals surface area contributed by atoms with E-state index in [0.717, 1.165) is 4.90 Å².